The van der Waals surface area contributed by atoms with Crippen molar-refractivity contribution in [2.45, 2.75) is 32.7 Å². The predicted octanol–water partition coefficient (Wildman–Crippen LogP) is 3.86. The second kappa shape index (κ2) is 7.75. The highest BCUT2D eigenvalue weighted by Crippen LogP contribution is 2.20. The fourth-order valence-electron chi connectivity index (χ4n) is 2.77. The molecule has 0 bridgehead atoms. The smallest absolute Gasteiger partial charge is 0.246 e. The Bertz CT molecular complexity index is 843. The molecule has 0 saturated heterocycles. The van der Waals surface area contributed by atoms with Gasteiger partial charge in [0.2, 0.25) is 17.6 Å². The van der Waals surface area contributed by atoms with E-state index in [-0.39, 0.29) is 18.4 Å². The second-order valence-corrected chi connectivity index (χ2v) is 5.97. The summed E-state index contributed by atoms with van der Waals surface area (Å²) in [5, 5.41) is 6.88. The molecule has 3 aromatic rings. The van der Waals surface area contributed by atoms with Gasteiger partial charge in [0.05, 0.1) is 12.5 Å². The maximum absolute atomic E-state index is 12.5. The van der Waals surface area contributed by atoms with Gasteiger partial charge in [-0.1, -0.05) is 66.2 Å². The summed E-state index contributed by atoms with van der Waals surface area (Å²) in [6.07, 6.45) is 0.730. The van der Waals surface area contributed by atoms with Gasteiger partial charge in [-0.2, -0.15) is 4.98 Å². The van der Waals surface area contributed by atoms with Crippen molar-refractivity contribution in [3.63, 3.8) is 0 Å². The van der Waals surface area contributed by atoms with E-state index in [1.54, 1.807) is 0 Å². The molecule has 0 fully saturated rings. The van der Waals surface area contributed by atoms with E-state index in [4.69, 9.17) is 4.52 Å². The summed E-state index contributed by atoms with van der Waals surface area (Å²) in [5.74, 6) is 0.709. The SMILES string of the molecule is CC[C@@H](C(=O)NCc1nc(-c2cccc(C)c2)no1)c1ccccc1. The van der Waals surface area contributed by atoms with Crippen LogP contribution < -0.4 is 5.32 Å². The first-order valence-corrected chi connectivity index (χ1v) is 8.39. The molecular formula is C20H21N3O2. The Hall–Kier alpha value is -2.95. The van der Waals surface area contributed by atoms with Crippen molar-refractivity contribution < 1.29 is 9.32 Å². The van der Waals surface area contributed by atoms with Crippen LogP contribution in [0, 0.1) is 6.92 Å². The van der Waals surface area contributed by atoms with Crippen LogP contribution in [0.15, 0.2) is 59.1 Å². The molecule has 1 atom stereocenters. The van der Waals surface area contributed by atoms with Gasteiger partial charge >= 0.3 is 0 Å². The third-order valence-electron chi connectivity index (χ3n) is 4.08. The number of aromatic nitrogens is 2. The van der Waals surface area contributed by atoms with Crippen LogP contribution in [0.1, 0.15) is 36.3 Å². The van der Waals surface area contributed by atoms with Crippen LogP contribution >= 0.6 is 0 Å². The molecule has 1 amide bonds. The summed E-state index contributed by atoms with van der Waals surface area (Å²) in [7, 11) is 0. The van der Waals surface area contributed by atoms with E-state index in [2.05, 4.69) is 15.5 Å². The molecule has 1 N–H and O–H groups in total. The normalized spacial score (nSPS) is 11.9. The van der Waals surface area contributed by atoms with Crippen LogP contribution in [0.25, 0.3) is 11.4 Å². The molecule has 1 aromatic heterocycles. The second-order valence-electron chi connectivity index (χ2n) is 5.97. The minimum absolute atomic E-state index is 0.0380. The van der Waals surface area contributed by atoms with Crippen LogP contribution in [0.3, 0.4) is 0 Å². The molecule has 0 unspecified atom stereocenters. The van der Waals surface area contributed by atoms with Gasteiger partial charge in [0.25, 0.3) is 0 Å². The fraction of sp³-hybridized carbons (Fsp3) is 0.250. The lowest BCUT2D eigenvalue weighted by molar-refractivity contribution is -0.122. The van der Waals surface area contributed by atoms with Crippen molar-refractivity contribution in [1.82, 2.24) is 15.5 Å². The van der Waals surface area contributed by atoms with Gasteiger partial charge in [-0.05, 0) is 25.0 Å². The molecule has 3 rings (SSSR count). The lowest BCUT2D eigenvalue weighted by atomic mass is 9.96. The van der Waals surface area contributed by atoms with Gasteiger partial charge in [-0.25, -0.2) is 0 Å². The highest BCUT2D eigenvalue weighted by Gasteiger charge is 2.19. The number of nitrogens with one attached hydrogen (secondary N) is 1. The van der Waals surface area contributed by atoms with E-state index in [1.807, 2.05) is 68.4 Å². The Labute approximate surface area is 147 Å². The van der Waals surface area contributed by atoms with Crippen molar-refractivity contribution >= 4 is 5.91 Å². The number of rotatable bonds is 6. The van der Waals surface area contributed by atoms with Gasteiger partial charge in [-0.15, -0.1) is 0 Å². The lowest BCUT2D eigenvalue weighted by Crippen LogP contribution is -2.28. The number of hydrogen-bond acceptors (Lipinski definition) is 4. The number of amides is 1. The van der Waals surface area contributed by atoms with Crippen LogP contribution in [-0.2, 0) is 11.3 Å². The quantitative estimate of drug-likeness (QED) is 0.743. The summed E-state index contributed by atoms with van der Waals surface area (Å²) in [5.41, 5.74) is 3.04. The molecule has 128 valence electrons. The number of carbonyl (C=O) groups excluding carboxylic acids is 1. The first kappa shape index (κ1) is 16.9. The Kier molecular flexibility index (Phi) is 5.23. The van der Waals surface area contributed by atoms with Crippen molar-refractivity contribution in [3.05, 3.63) is 71.6 Å². The summed E-state index contributed by atoms with van der Waals surface area (Å²) in [6.45, 7) is 4.24. The van der Waals surface area contributed by atoms with E-state index in [0.717, 1.165) is 23.1 Å². The Morgan fingerprint density at radius 2 is 1.96 bits per heavy atom. The van der Waals surface area contributed by atoms with Crippen molar-refractivity contribution in [3.8, 4) is 11.4 Å². The van der Waals surface area contributed by atoms with E-state index < -0.39 is 0 Å². The highest BCUT2D eigenvalue weighted by atomic mass is 16.5. The monoisotopic (exact) mass is 335 g/mol. The van der Waals surface area contributed by atoms with Gasteiger partial charge in [-0.3, -0.25) is 4.79 Å². The first-order valence-electron chi connectivity index (χ1n) is 8.39. The molecule has 0 saturated carbocycles. The van der Waals surface area contributed by atoms with E-state index in [0.29, 0.717) is 11.7 Å². The number of nitrogens with zero attached hydrogens (tertiary/aromatic N) is 2. The van der Waals surface area contributed by atoms with Crippen molar-refractivity contribution in [2.75, 3.05) is 0 Å². The number of carbonyl (C=O) groups is 1. The predicted molar refractivity (Wildman–Crippen MR) is 95.8 cm³/mol. The average molecular weight is 335 g/mol. The molecule has 5 nitrogen and oxygen atoms in total. The van der Waals surface area contributed by atoms with E-state index in [9.17, 15) is 4.79 Å². The molecule has 0 spiro atoms. The molecule has 0 radical (unpaired) electrons. The van der Waals surface area contributed by atoms with E-state index >= 15 is 0 Å². The van der Waals surface area contributed by atoms with Crippen molar-refractivity contribution in [1.29, 1.82) is 0 Å². The first-order chi connectivity index (χ1) is 12.2. The summed E-state index contributed by atoms with van der Waals surface area (Å²) >= 11 is 0. The Morgan fingerprint density at radius 3 is 2.68 bits per heavy atom. The largest absolute Gasteiger partial charge is 0.346 e. The third-order valence-corrected chi connectivity index (χ3v) is 4.08. The minimum Gasteiger partial charge on any atom is -0.346 e. The standard InChI is InChI=1S/C20H21N3O2/c1-3-17(15-9-5-4-6-10-15)20(24)21-13-18-22-19(23-25-18)16-11-7-8-14(2)12-16/h4-12,17H,3,13H2,1-2H3,(H,21,24)/t17-/m1/s1. The molecule has 5 heteroatoms. The van der Waals surface area contributed by atoms with Crippen LogP contribution in [-0.4, -0.2) is 16.0 Å². The summed E-state index contributed by atoms with van der Waals surface area (Å²) in [6, 6.07) is 17.7. The minimum atomic E-state index is -0.180. The number of hydrogen-bond donors (Lipinski definition) is 1. The van der Waals surface area contributed by atoms with Crippen LogP contribution in [0.5, 0.6) is 0 Å². The fourth-order valence-corrected chi connectivity index (χ4v) is 2.77. The van der Waals surface area contributed by atoms with Crippen molar-refractivity contribution in [2.24, 2.45) is 0 Å². The maximum Gasteiger partial charge on any atom is 0.246 e. The molecule has 2 aromatic carbocycles. The zero-order valence-corrected chi connectivity index (χ0v) is 14.4. The number of aryl methyl sites for hydroxylation is 1. The topological polar surface area (TPSA) is 68.0 Å². The highest BCUT2D eigenvalue weighted by molar-refractivity contribution is 5.83. The van der Waals surface area contributed by atoms with E-state index in [1.165, 1.54) is 0 Å². The summed E-state index contributed by atoms with van der Waals surface area (Å²) in [4.78, 5) is 16.8. The van der Waals surface area contributed by atoms with Gasteiger partial charge in [0.1, 0.15) is 0 Å². The Morgan fingerprint density at radius 1 is 1.16 bits per heavy atom. The van der Waals surface area contributed by atoms with Gasteiger partial charge in [0.15, 0.2) is 0 Å². The molecule has 1 heterocycles. The molecule has 25 heavy (non-hydrogen) atoms. The van der Waals surface area contributed by atoms with Crippen LogP contribution in [0.4, 0.5) is 0 Å². The maximum atomic E-state index is 12.5. The average Bonchev–Trinajstić information content (AvgIpc) is 3.11. The van der Waals surface area contributed by atoms with Gasteiger partial charge < -0.3 is 9.84 Å². The Balaban J connectivity index is 1.65. The van der Waals surface area contributed by atoms with Gasteiger partial charge in [0, 0.05) is 5.56 Å². The zero-order chi connectivity index (χ0) is 17.6. The molecule has 0 aliphatic rings. The molecule has 0 aliphatic heterocycles. The lowest BCUT2D eigenvalue weighted by Gasteiger charge is -2.14. The third kappa shape index (κ3) is 4.12. The zero-order valence-electron chi connectivity index (χ0n) is 14.4. The van der Waals surface area contributed by atoms with Crippen LogP contribution in [0.2, 0.25) is 0 Å². The summed E-state index contributed by atoms with van der Waals surface area (Å²) < 4.78 is 5.25. The molecule has 0 aliphatic carbocycles. The number of benzene rings is 2. The molecular weight excluding hydrogens is 314 g/mol.